The first kappa shape index (κ1) is 15.5. The standard InChI is InChI=1S/C15H25BrN2/c1-6-11(2)10-18(5)15-8-7-13(16)9-14(15)12(3)17-4/h7-9,11-12,17H,6,10H2,1-5H3. The molecule has 0 spiro atoms. The van der Waals surface area contributed by atoms with E-state index in [0.717, 1.165) is 16.9 Å². The maximum Gasteiger partial charge on any atom is 0.0412 e. The molecule has 0 radical (unpaired) electrons. The molecule has 0 aromatic heterocycles. The second kappa shape index (κ2) is 7.15. The molecule has 1 aromatic rings. The molecule has 18 heavy (non-hydrogen) atoms. The van der Waals surface area contributed by atoms with E-state index in [-0.39, 0.29) is 0 Å². The average molecular weight is 313 g/mol. The van der Waals surface area contributed by atoms with Gasteiger partial charge in [-0.2, -0.15) is 0 Å². The minimum Gasteiger partial charge on any atom is -0.374 e. The molecule has 0 aliphatic rings. The Balaban J connectivity index is 2.99. The van der Waals surface area contributed by atoms with E-state index in [0.29, 0.717) is 6.04 Å². The predicted molar refractivity (Wildman–Crippen MR) is 84.3 cm³/mol. The minimum absolute atomic E-state index is 0.358. The van der Waals surface area contributed by atoms with Crippen molar-refractivity contribution < 1.29 is 0 Å². The molecule has 2 unspecified atom stereocenters. The van der Waals surface area contributed by atoms with Crippen LogP contribution in [-0.2, 0) is 0 Å². The average Bonchev–Trinajstić information content (AvgIpc) is 2.37. The fraction of sp³-hybridized carbons (Fsp3) is 0.600. The fourth-order valence-corrected chi connectivity index (χ4v) is 2.45. The van der Waals surface area contributed by atoms with Crippen LogP contribution in [0.15, 0.2) is 22.7 Å². The van der Waals surface area contributed by atoms with Gasteiger partial charge in [0.15, 0.2) is 0 Å². The largest absolute Gasteiger partial charge is 0.374 e. The van der Waals surface area contributed by atoms with E-state index in [2.05, 4.69) is 72.2 Å². The van der Waals surface area contributed by atoms with Gasteiger partial charge in [-0.1, -0.05) is 36.2 Å². The molecule has 1 rings (SSSR count). The highest BCUT2D eigenvalue weighted by atomic mass is 79.9. The summed E-state index contributed by atoms with van der Waals surface area (Å²) >= 11 is 3.56. The lowest BCUT2D eigenvalue weighted by Crippen LogP contribution is -2.26. The second-order valence-electron chi connectivity index (χ2n) is 5.11. The lowest BCUT2D eigenvalue weighted by molar-refractivity contribution is 0.556. The molecule has 0 saturated heterocycles. The Morgan fingerprint density at radius 3 is 2.56 bits per heavy atom. The van der Waals surface area contributed by atoms with Crippen LogP contribution in [0.2, 0.25) is 0 Å². The van der Waals surface area contributed by atoms with E-state index in [1.807, 2.05) is 7.05 Å². The molecule has 102 valence electrons. The molecule has 0 bridgehead atoms. The highest BCUT2D eigenvalue weighted by Crippen LogP contribution is 2.29. The van der Waals surface area contributed by atoms with Crippen molar-refractivity contribution in [2.24, 2.45) is 5.92 Å². The van der Waals surface area contributed by atoms with Crippen LogP contribution in [0, 0.1) is 5.92 Å². The summed E-state index contributed by atoms with van der Waals surface area (Å²) in [4.78, 5) is 2.36. The minimum atomic E-state index is 0.358. The van der Waals surface area contributed by atoms with Gasteiger partial charge in [-0.05, 0) is 43.7 Å². The van der Waals surface area contributed by atoms with Crippen molar-refractivity contribution in [1.29, 1.82) is 0 Å². The van der Waals surface area contributed by atoms with Gasteiger partial charge < -0.3 is 10.2 Å². The molecule has 1 aromatic carbocycles. The van der Waals surface area contributed by atoms with Crippen molar-refractivity contribution in [3.63, 3.8) is 0 Å². The van der Waals surface area contributed by atoms with Gasteiger partial charge in [-0.3, -0.25) is 0 Å². The second-order valence-corrected chi connectivity index (χ2v) is 6.02. The van der Waals surface area contributed by atoms with Gasteiger partial charge in [0.2, 0.25) is 0 Å². The van der Waals surface area contributed by atoms with Gasteiger partial charge in [-0.15, -0.1) is 0 Å². The van der Waals surface area contributed by atoms with Crippen molar-refractivity contribution in [3.8, 4) is 0 Å². The van der Waals surface area contributed by atoms with Crippen LogP contribution in [0.1, 0.15) is 38.8 Å². The van der Waals surface area contributed by atoms with Crippen molar-refractivity contribution in [2.75, 3.05) is 25.5 Å². The Kier molecular flexibility index (Phi) is 6.16. The van der Waals surface area contributed by atoms with Gasteiger partial charge >= 0.3 is 0 Å². The lowest BCUT2D eigenvalue weighted by atomic mass is 10.0. The zero-order valence-electron chi connectivity index (χ0n) is 12.1. The molecular formula is C15H25BrN2. The molecule has 2 atom stereocenters. The highest BCUT2D eigenvalue weighted by Gasteiger charge is 2.14. The summed E-state index contributed by atoms with van der Waals surface area (Å²) in [5.41, 5.74) is 2.66. The van der Waals surface area contributed by atoms with Gasteiger partial charge in [0.25, 0.3) is 0 Å². The van der Waals surface area contributed by atoms with Gasteiger partial charge in [0.05, 0.1) is 0 Å². The van der Waals surface area contributed by atoms with Gasteiger partial charge in [-0.25, -0.2) is 0 Å². The van der Waals surface area contributed by atoms with Crippen molar-refractivity contribution >= 4 is 21.6 Å². The molecule has 0 aliphatic carbocycles. The first-order valence-corrected chi connectivity index (χ1v) is 7.46. The van der Waals surface area contributed by atoms with E-state index < -0.39 is 0 Å². The number of anilines is 1. The van der Waals surface area contributed by atoms with Gasteiger partial charge in [0, 0.05) is 29.8 Å². The molecule has 0 saturated carbocycles. The summed E-state index contributed by atoms with van der Waals surface area (Å²) in [5, 5.41) is 3.32. The SMILES string of the molecule is CCC(C)CN(C)c1ccc(Br)cc1C(C)NC. The smallest absolute Gasteiger partial charge is 0.0412 e. The first-order valence-electron chi connectivity index (χ1n) is 6.67. The summed E-state index contributed by atoms with van der Waals surface area (Å²) in [7, 11) is 4.19. The number of nitrogens with zero attached hydrogens (tertiary/aromatic N) is 1. The third kappa shape index (κ3) is 3.99. The summed E-state index contributed by atoms with van der Waals surface area (Å²) in [5.74, 6) is 0.719. The number of benzene rings is 1. The van der Waals surface area contributed by atoms with E-state index >= 15 is 0 Å². The molecule has 0 aliphatic heterocycles. The fourth-order valence-electron chi connectivity index (χ4n) is 2.07. The number of rotatable bonds is 6. The Morgan fingerprint density at radius 1 is 1.33 bits per heavy atom. The maximum absolute atomic E-state index is 3.56. The molecule has 0 fully saturated rings. The Labute approximate surface area is 120 Å². The maximum atomic E-state index is 3.56. The zero-order chi connectivity index (χ0) is 13.7. The van der Waals surface area contributed by atoms with E-state index in [4.69, 9.17) is 0 Å². The third-order valence-corrected chi connectivity index (χ3v) is 4.08. The van der Waals surface area contributed by atoms with Crippen molar-refractivity contribution in [1.82, 2.24) is 5.32 Å². The summed E-state index contributed by atoms with van der Waals surface area (Å²) in [6.07, 6.45) is 1.22. The predicted octanol–water partition coefficient (Wildman–Crippen LogP) is 4.21. The Hall–Kier alpha value is -0.540. The van der Waals surface area contributed by atoms with Crippen LogP contribution >= 0.6 is 15.9 Å². The van der Waals surface area contributed by atoms with Crippen LogP contribution in [-0.4, -0.2) is 20.6 Å². The molecule has 0 amide bonds. The zero-order valence-corrected chi connectivity index (χ0v) is 13.7. The van der Waals surface area contributed by atoms with Crippen molar-refractivity contribution in [3.05, 3.63) is 28.2 Å². The lowest BCUT2D eigenvalue weighted by Gasteiger charge is -2.27. The van der Waals surface area contributed by atoms with E-state index in [1.54, 1.807) is 0 Å². The summed E-state index contributed by atoms with van der Waals surface area (Å²) in [6.45, 7) is 7.84. The first-order chi connectivity index (χ1) is 8.49. The van der Waals surface area contributed by atoms with Crippen LogP contribution in [0.5, 0.6) is 0 Å². The molecule has 2 nitrogen and oxygen atoms in total. The number of hydrogen-bond donors (Lipinski definition) is 1. The summed E-state index contributed by atoms with van der Waals surface area (Å²) in [6, 6.07) is 6.89. The monoisotopic (exact) mass is 312 g/mol. The quantitative estimate of drug-likeness (QED) is 0.846. The topological polar surface area (TPSA) is 15.3 Å². The van der Waals surface area contributed by atoms with E-state index in [1.165, 1.54) is 17.7 Å². The number of nitrogens with one attached hydrogen (secondary N) is 1. The Morgan fingerprint density at radius 2 is 2.00 bits per heavy atom. The third-order valence-electron chi connectivity index (χ3n) is 3.58. The van der Waals surface area contributed by atoms with Crippen LogP contribution in [0.25, 0.3) is 0 Å². The molecule has 3 heteroatoms. The van der Waals surface area contributed by atoms with Crippen LogP contribution in [0.4, 0.5) is 5.69 Å². The normalized spacial score (nSPS) is 14.3. The van der Waals surface area contributed by atoms with Crippen LogP contribution < -0.4 is 10.2 Å². The number of hydrogen-bond acceptors (Lipinski definition) is 2. The molecule has 1 N–H and O–H groups in total. The van der Waals surface area contributed by atoms with Crippen molar-refractivity contribution in [2.45, 2.75) is 33.2 Å². The number of halogens is 1. The van der Waals surface area contributed by atoms with E-state index in [9.17, 15) is 0 Å². The molecule has 0 heterocycles. The van der Waals surface area contributed by atoms with Crippen LogP contribution in [0.3, 0.4) is 0 Å². The Bertz CT molecular complexity index is 379. The highest BCUT2D eigenvalue weighted by molar-refractivity contribution is 9.10. The van der Waals surface area contributed by atoms with Gasteiger partial charge in [0.1, 0.15) is 0 Å². The molecular weight excluding hydrogens is 288 g/mol. The summed E-state index contributed by atoms with van der Waals surface area (Å²) < 4.78 is 1.14.